The van der Waals surface area contributed by atoms with Gasteiger partial charge in [-0.3, -0.25) is 0 Å². The maximum absolute atomic E-state index is 13.5. The maximum Gasteiger partial charge on any atom is 0.130 e. The lowest BCUT2D eigenvalue weighted by molar-refractivity contribution is 0.141. The number of hydrogen-bond donors (Lipinski definition) is 1. The van der Waals surface area contributed by atoms with Crippen LogP contribution in [-0.2, 0) is 22.6 Å². The summed E-state index contributed by atoms with van der Waals surface area (Å²) in [6, 6.07) is 3.31. The summed E-state index contributed by atoms with van der Waals surface area (Å²) in [4.78, 5) is 4.44. The molecule has 0 atom stereocenters. The van der Waals surface area contributed by atoms with E-state index in [-0.39, 0.29) is 12.4 Å². The molecular weight excluding hydrogens is 265 g/mol. The average Bonchev–Trinajstić information content (AvgIpc) is 2.20. The Kier molecular flexibility index (Phi) is 5.17. The number of rotatable bonds is 5. The minimum atomic E-state index is -0.279. The van der Waals surface area contributed by atoms with Gasteiger partial charge in [-0.05, 0) is 24.1 Å². The van der Waals surface area contributed by atoms with Crippen molar-refractivity contribution >= 4 is 15.9 Å². The second-order valence-corrected chi connectivity index (χ2v) is 3.95. The van der Waals surface area contributed by atoms with E-state index in [1.165, 1.54) is 13.2 Å². The van der Waals surface area contributed by atoms with Gasteiger partial charge in [0.1, 0.15) is 5.82 Å². The fourth-order valence-corrected chi connectivity index (χ4v) is 1.86. The van der Waals surface area contributed by atoms with Gasteiger partial charge >= 0.3 is 0 Å². The molecule has 0 saturated carbocycles. The van der Waals surface area contributed by atoms with Crippen LogP contribution in [0.2, 0.25) is 0 Å². The highest BCUT2D eigenvalue weighted by Crippen LogP contribution is 2.23. The SMILES string of the molecule is COCc1c(F)cc(CCON)cc1Br. The first kappa shape index (κ1) is 12.6. The average molecular weight is 278 g/mol. The largest absolute Gasteiger partial charge is 0.380 e. The Balaban J connectivity index is 2.87. The first-order valence-corrected chi connectivity index (χ1v) is 5.25. The van der Waals surface area contributed by atoms with Crippen LogP contribution in [0.1, 0.15) is 11.1 Å². The molecule has 0 bridgehead atoms. The molecule has 15 heavy (non-hydrogen) atoms. The molecule has 2 N–H and O–H groups in total. The molecule has 84 valence electrons. The minimum absolute atomic E-state index is 0.250. The van der Waals surface area contributed by atoms with Gasteiger partial charge in [-0.1, -0.05) is 15.9 Å². The molecule has 0 heterocycles. The van der Waals surface area contributed by atoms with Crippen LogP contribution >= 0.6 is 15.9 Å². The van der Waals surface area contributed by atoms with Crippen LogP contribution in [0, 0.1) is 5.82 Å². The van der Waals surface area contributed by atoms with Gasteiger partial charge in [0.2, 0.25) is 0 Å². The highest BCUT2D eigenvalue weighted by Gasteiger charge is 2.08. The van der Waals surface area contributed by atoms with Crippen LogP contribution in [0.5, 0.6) is 0 Å². The van der Waals surface area contributed by atoms with Crippen LogP contribution in [0.25, 0.3) is 0 Å². The molecule has 0 saturated heterocycles. The lowest BCUT2D eigenvalue weighted by Crippen LogP contribution is -2.05. The molecule has 1 aromatic rings. The lowest BCUT2D eigenvalue weighted by atomic mass is 10.1. The highest BCUT2D eigenvalue weighted by atomic mass is 79.9. The molecule has 5 heteroatoms. The van der Waals surface area contributed by atoms with Gasteiger partial charge < -0.3 is 9.57 Å². The van der Waals surface area contributed by atoms with E-state index in [1.54, 1.807) is 0 Å². The van der Waals surface area contributed by atoms with Gasteiger partial charge in [0.05, 0.1) is 13.2 Å². The van der Waals surface area contributed by atoms with E-state index in [9.17, 15) is 4.39 Å². The molecular formula is C10H13BrFNO2. The quantitative estimate of drug-likeness (QED) is 0.839. The third-order valence-corrected chi connectivity index (χ3v) is 2.71. The van der Waals surface area contributed by atoms with Gasteiger partial charge in [-0.2, -0.15) is 0 Å². The molecule has 3 nitrogen and oxygen atoms in total. The molecule has 0 amide bonds. The zero-order valence-electron chi connectivity index (χ0n) is 8.43. The highest BCUT2D eigenvalue weighted by molar-refractivity contribution is 9.10. The molecule has 0 aromatic heterocycles. The standard InChI is InChI=1S/C10H13BrFNO2/c1-14-6-8-9(11)4-7(2-3-15-13)5-10(8)12/h4-5H,2-3,6,13H2,1H3. The molecule has 0 aliphatic rings. The third kappa shape index (κ3) is 3.53. The Bertz CT molecular complexity index is 310. The Morgan fingerprint density at radius 3 is 2.73 bits per heavy atom. The summed E-state index contributed by atoms with van der Waals surface area (Å²) in [5.41, 5.74) is 1.36. The Morgan fingerprint density at radius 2 is 2.20 bits per heavy atom. The van der Waals surface area contributed by atoms with E-state index in [4.69, 9.17) is 10.6 Å². The summed E-state index contributed by atoms with van der Waals surface area (Å²) in [5, 5.41) is 0. The number of ether oxygens (including phenoxy) is 1. The van der Waals surface area contributed by atoms with Gasteiger partial charge in [0.25, 0.3) is 0 Å². The first-order valence-electron chi connectivity index (χ1n) is 4.46. The molecule has 0 radical (unpaired) electrons. The van der Waals surface area contributed by atoms with E-state index in [2.05, 4.69) is 20.8 Å². The predicted octanol–water partition coefficient (Wildman–Crippen LogP) is 2.17. The van der Waals surface area contributed by atoms with Gasteiger partial charge in [-0.15, -0.1) is 0 Å². The Morgan fingerprint density at radius 1 is 1.47 bits per heavy atom. The Labute approximate surface area is 96.4 Å². The smallest absolute Gasteiger partial charge is 0.130 e. The van der Waals surface area contributed by atoms with Crippen LogP contribution in [0.15, 0.2) is 16.6 Å². The molecule has 1 aromatic carbocycles. The van der Waals surface area contributed by atoms with E-state index >= 15 is 0 Å². The number of benzene rings is 1. The van der Waals surface area contributed by atoms with Crippen LogP contribution in [0.3, 0.4) is 0 Å². The molecule has 1 rings (SSSR count). The predicted molar refractivity (Wildman–Crippen MR) is 58.7 cm³/mol. The normalized spacial score (nSPS) is 10.7. The van der Waals surface area contributed by atoms with Gasteiger partial charge in [-0.25, -0.2) is 10.3 Å². The summed E-state index contributed by atoms with van der Waals surface area (Å²) in [6.45, 7) is 0.621. The third-order valence-electron chi connectivity index (χ3n) is 2.00. The van der Waals surface area contributed by atoms with E-state index in [0.717, 1.165) is 5.56 Å². The molecule has 0 unspecified atom stereocenters. The van der Waals surface area contributed by atoms with Gasteiger partial charge in [0, 0.05) is 17.1 Å². The fourth-order valence-electron chi connectivity index (χ4n) is 1.26. The molecule has 0 aliphatic carbocycles. The van der Waals surface area contributed by atoms with E-state index in [0.29, 0.717) is 23.1 Å². The van der Waals surface area contributed by atoms with Crippen molar-refractivity contribution in [2.75, 3.05) is 13.7 Å². The van der Waals surface area contributed by atoms with Crippen molar-refractivity contribution in [1.29, 1.82) is 0 Å². The number of hydrogen-bond acceptors (Lipinski definition) is 3. The van der Waals surface area contributed by atoms with Crippen molar-refractivity contribution in [3.63, 3.8) is 0 Å². The molecule has 0 spiro atoms. The summed E-state index contributed by atoms with van der Waals surface area (Å²) in [7, 11) is 1.53. The van der Waals surface area contributed by atoms with Gasteiger partial charge in [0.15, 0.2) is 0 Å². The van der Waals surface area contributed by atoms with Crippen molar-refractivity contribution in [3.05, 3.63) is 33.5 Å². The van der Waals surface area contributed by atoms with Crippen LogP contribution in [-0.4, -0.2) is 13.7 Å². The Hall–Kier alpha value is -0.490. The van der Waals surface area contributed by atoms with Crippen molar-refractivity contribution in [2.45, 2.75) is 13.0 Å². The molecule has 0 fully saturated rings. The zero-order chi connectivity index (χ0) is 11.3. The van der Waals surface area contributed by atoms with Crippen molar-refractivity contribution < 1.29 is 14.0 Å². The second-order valence-electron chi connectivity index (χ2n) is 3.09. The van der Waals surface area contributed by atoms with E-state index in [1.807, 2.05) is 6.07 Å². The topological polar surface area (TPSA) is 44.5 Å². The molecule has 0 aliphatic heterocycles. The van der Waals surface area contributed by atoms with Crippen molar-refractivity contribution in [3.8, 4) is 0 Å². The summed E-state index contributed by atoms with van der Waals surface area (Å²) >= 11 is 3.30. The van der Waals surface area contributed by atoms with E-state index < -0.39 is 0 Å². The second kappa shape index (κ2) is 6.17. The fraction of sp³-hybridized carbons (Fsp3) is 0.400. The summed E-state index contributed by atoms with van der Waals surface area (Å²) in [5.74, 6) is 4.63. The van der Waals surface area contributed by atoms with Crippen molar-refractivity contribution in [2.24, 2.45) is 5.90 Å². The van der Waals surface area contributed by atoms with Crippen molar-refractivity contribution in [1.82, 2.24) is 0 Å². The lowest BCUT2D eigenvalue weighted by Gasteiger charge is -2.08. The zero-order valence-corrected chi connectivity index (χ0v) is 10.0. The van der Waals surface area contributed by atoms with Crippen LogP contribution < -0.4 is 5.90 Å². The minimum Gasteiger partial charge on any atom is -0.380 e. The number of halogens is 2. The summed E-state index contributed by atoms with van der Waals surface area (Å²) < 4.78 is 19.1. The van der Waals surface area contributed by atoms with Crippen LogP contribution in [0.4, 0.5) is 4.39 Å². The maximum atomic E-state index is 13.5. The first-order chi connectivity index (χ1) is 7.19. The number of nitrogens with two attached hydrogens (primary N) is 1. The number of methoxy groups -OCH3 is 1. The monoisotopic (exact) mass is 277 g/mol. The summed E-state index contributed by atoms with van der Waals surface area (Å²) in [6.07, 6.45) is 0.583.